The van der Waals surface area contributed by atoms with Crippen molar-refractivity contribution in [1.82, 2.24) is 0 Å². The molecule has 0 heterocycles. The molecule has 5 aromatic carbocycles. The maximum atomic E-state index is 10.9. The Morgan fingerprint density at radius 1 is 0.625 bits per heavy atom. The topological polar surface area (TPSA) is 29.5 Å². The Balaban J connectivity index is 1.60. The number of benzene rings is 5. The predicted octanol–water partition coefficient (Wildman–Crippen LogP) is 7.42. The minimum Gasteiger partial charge on any atom is -0.485 e. The van der Waals surface area contributed by atoms with Crippen molar-refractivity contribution in [1.29, 1.82) is 0 Å². The Bertz CT molecular complexity index is 1800. The second kappa shape index (κ2) is 8.46. The van der Waals surface area contributed by atoms with Gasteiger partial charge in [-0.2, -0.15) is 0 Å². The van der Waals surface area contributed by atoms with Crippen LogP contribution in [0, 0.1) is 0 Å². The number of ether oxygens (including phenoxy) is 1. The minimum absolute atomic E-state index is 0.592. The molecular formula is C37H31BO2. The van der Waals surface area contributed by atoms with Gasteiger partial charge in [-0.25, -0.2) is 0 Å². The third-order valence-corrected chi connectivity index (χ3v) is 9.16. The Hall–Kier alpha value is -4.08. The van der Waals surface area contributed by atoms with Gasteiger partial charge in [-0.1, -0.05) is 103 Å². The monoisotopic (exact) mass is 518 g/mol. The molecule has 0 aromatic heterocycles. The molecule has 1 N–H and O–H groups in total. The highest BCUT2D eigenvalue weighted by molar-refractivity contribution is 6.35. The highest BCUT2D eigenvalue weighted by Crippen LogP contribution is 2.64. The van der Waals surface area contributed by atoms with Crippen LogP contribution < -0.4 is 10.2 Å². The molecule has 5 aromatic rings. The maximum Gasteiger partial charge on any atom is 0.131 e. The summed E-state index contributed by atoms with van der Waals surface area (Å²) in [6.45, 7) is 7.43. The quantitative estimate of drug-likeness (QED) is 0.246. The molecule has 1 atom stereocenters. The molecule has 0 fully saturated rings. The van der Waals surface area contributed by atoms with E-state index < -0.39 is 16.6 Å². The van der Waals surface area contributed by atoms with E-state index in [1.54, 1.807) is 13.8 Å². The Morgan fingerprint density at radius 3 is 2.05 bits per heavy atom. The molecular weight excluding hydrogens is 487 g/mol. The summed E-state index contributed by atoms with van der Waals surface area (Å²) in [6.07, 6.45) is 0. The molecule has 0 amide bonds. The van der Waals surface area contributed by atoms with E-state index in [1.165, 1.54) is 44.5 Å². The van der Waals surface area contributed by atoms with Crippen molar-refractivity contribution in [3.63, 3.8) is 0 Å². The number of rotatable bonds is 4. The summed E-state index contributed by atoms with van der Waals surface area (Å²) in [5.74, 6) is 0.722. The minimum atomic E-state index is -1.04. The maximum absolute atomic E-state index is 10.9. The third kappa shape index (κ3) is 3.28. The highest BCUT2D eigenvalue weighted by atomic mass is 16.5. The highest BCUT2D eigenvalue weighted by Gasteiger charge is 2.53. The van der Waals surface area contributed by atoms with Gasteiger partial charge in [0.05, 0.1) is 11.0 Å². The van der Waals surface area contributed by atoms with E-state index in [1.807, 2.05) is 32.0 Å². The Kier molecular flexibility index (Phi) is 5.27. The van der Waals surface area contributed by atoms with Gasteiger partial charge in [0.1, 0.15) is 19.2 Å². The molecule has 2 aliphatic rings. The molecule has 40 heavy (non-hydrogen) atoms. The first-order chi connectivity index (χ1) is 19.1. The standard InChI is InChI=1S/C37H31BO2/c1-35(2,39)36(3,4)40-24-20-21-28-31(22-24)37(30-18-10-15-25(33(28)30)23-12-6-5-7-13-23)29-17-9-8-14-26(29)27-16-11-19-32(38)34(27)37/h5-22,39H,1-4H3. The van der Waals surface area contributed by atoms with Crippen molar-refractivity contribution in [2.24, 2.45) is 0 Å². The van der Waals surface area contributed by atoms with E-state index in [-0.39, 0.29) is 0 Å². The molecule has 0 bridgehead atoms. The molecule has 2 radical (unpaired) electrons. The van der Waals surface area contributed by atoms with Gasteiger partial charge in [0.2, 0.25) is 0 Å². The van der Waals surface area contributed by atoms with Gasteiger partial charge in [0.15, 0.2) is 0 Å². The van der Waals surface area contributed by atoms with E-state index in [9.17, 15) is 5.11 Å². The van der Waals surface area contributed by atoms with Crippen molar-refractivity contribution >= 4 is 13.3 Å². The zero-order valence-corrected chi connectivity index (χ0v) is 23.3. The summed E-state index contributed by atoms with van der Waals surface area (Å²) < 4.78 is 6.53. The fraction of sp³-hybridized carbons (Fsp3) is 0.189. The molecule has 1 unspecified atom stereocenters. The molecule has 2 nitrogen and oxygen atoms in total. The van der Waals surface area contributed by atoms with Gasteiger partial charge in [0.25, 0.3) is 0 Å². The summed E-state index contributed by atoms with van der Waals surface area (Å²) in [6, 6.07) is 38.6. The largest absolute Gasteiger partial charge is 0.485 e. The van der Waals surface area contributed by atoms with Gasteiger partial charge < -0.3 is 9.84 Å². The molecule has 3 heteroatoms. The van der Waals surface area contributed by atoms with E-state index in [0.29, 0.717) is 0 Å². The molecule has 0 aliphatic heterocycles. The normalized spacial score (nSPS) is 16.8. The molecule has 1 spiro atoms. The van der Waals surface area contributed by atoms with E-state index >= 15 is 0 Å². The van der Waals surface area contributed by atoms with Crippen LogP contribution in [0.15, 0.2) is 109 Å². The molecule has 2 aliphatic carbocycles. The van der Waals surface area contributed by atoms with Crippen molar-refractivity contribution in [3.8, 4) is 39.1 Å². The molecule has 194 valence electrons. The Labute approximate surface area is 237 Å². The van der Waals surface area contributed by atoms with Gasteiger partial charge in [0, 0.05) is 0 Å². The number of hydrogen-bond donors (Lipinski definition) is 1. The van der Waals surface area contributed by atoms with Crippen LogP contribution in [0.1, 0.15) is 49.9 Å². The zero-order valence-electron chi connectivity index (χ0n) is 23.3. The first-order valence-corrected chi connectivity index (χ1v) is 13.9. The lowest BCUT2D eigenvalue weighted by atomic mass is 9.67. The van der Waals surface area contributed by atoms with Crippen molar-refractivity contribution in [2.75, 3.05) is 0 Å². The van der Waals surface area contributed by atoms with Gasteiger partial charge in [-0.3, -0.25) is 0 Å². The van der Waals surface area contributed by atoms with Gasteiger partial charge in [-0.05, 0) is 95.5 Å². The summed E-state index contributed by atoms with van der Waals surface area (Å²) >= 11 is 0. The second-order valence-electron chi connectivity index (χ2n) is 12.0. The lowest BCUT2D eigenvalue weighted by Gasteiger charge is -2.38. The number of fused-ring (bicyclic) bond motifs is 10. The summed E-state index contributed by atoms with van der Waals surface area (Å²) in [7, 11) is 6.90. The first kappa shape index (κ1) is 24.9. The van der Waals surface area contributed by atoms with Crippen LogP contribution >= 0.6 is 0 Å². The molecule has 0 saturated heterocycles. The first-order valence-electron chi connectivity index (χ1n) is 13.9. The average Bonchev–Trinajstić information content (AvgIpc) is 3.40. The van der Waals surface area contributed by atoms with Crippen molar-refractivity contribution in [3.05, 3.63) is 131 Å². The second-order valence-corrected chi connectivity index (χ2v) is 12.0. The predicted molar refractivity (Wildman–Crippen MR) is 165 cm³/mol. The van der Waals surface area contributed by atoms with Crippen LogP contribution in [0.5, 0.6) is 5.75 Å². The SMILES string of the molecule is [B]c1cccc2c1C1(c3ccccc3-2)c2cc(OC(C)(C)C(C)(C)O)ccc2-c2c(-c3ccccc3)cccc21. The van der Waals surface area contributed by atoms with Crippen LogP contribution in [0.3, 0.4) is 0 Å². The van der Waals surface area contributed by atoms with Crippen molar-refractivity contribution in [2.45, 2.75) is 44.3 Å². The van der Waals surface area contributed by atoms with E-state index in [4.69, 9.17) is 12.6 Å². The lowest BCUT2D eigenvalue weighted by Crippen LogP contribution is -2.49. The Morgan fingerprint density at radius 2 is 1.27 bits per heavy atom. The van der Waals surface area contributed by atoms with Crippen LogP contribution in [0.4, 0.5) is 0 Å². The third-order valence-electron chi connectivity index (χ3n) is 9.16. The van der Waals surface area contributed by atoms with Crippen LogP contribution in [0.25, 0.3) is 33.4 Å². The zero-order chi connectivity index (χ0) is 27.9. The van der Waals surface area contributed by atoms with Crippen LogP contribution in [-0.4, -0.2) is 24.2 Å². The van der Waals surface area contributed by atoms with Crippen LogP contribution in [-0.2, 0) is 5.41 Å². The summed E-state index contributed by atoms with van der Waals surface area (Å²) in [5.41, 5.74) is 10.2. The molecule has 0 saturated carbocycles. The van der Waals surface area contributed by atoms with Gasteiger partial charge in [-0.15, -0.1) is 0 Å². The molecule has 7 rings (SSSR count). The smallest absolute Gasteiger partial charge is 0.131 e. The summed E-state index contributed by atoms with van der Waals surface area (Å²) in [5, 5.41) is 10.9. The van der Waals surface area contributed by atoms with E-state index in [2.05, 4.69) is 91.0 Å². The van der Waals surface area contributed by atoms with Crippen molar-refractivity contribution < 1.29 is 9.84 Å². The van der Waals surface area contributed by atoms with E-state index in [0.717, 1.165) is 22.3 Å². The summed E-state index contributed by atoms with van der Waals surface area (Å²) in [4.78, 5) is 0. The fourth-order valence-corrected chi connectivity index (χ4v) is 6.65. The van der Waals surface area contributed by atoms with Gasteiger partial charge >= 0.3 is 0 Å². The number of aliphatic hydroxyl groups is 1. The van der Waals surface area contributed by atoms with Crippen LogP contribution in [0.2, 0.25) is 0 Å². The average molecular weight is 518 g/mol. The lowest BCUT2D eigenvalue weighted by molar-refractivity contribution is -0.0906. The fourth-order valence-electron chi connectivity index (χ4n) is 6.65. The number of hydrogen-bond acceptors (Lipinski definition) is 2.